The maximum atomic E-state index is 14.5. The zero-order chi connectivity index (χ0) is 21.0. The van der Waals surface area contributed by atoms with Gasteiger partial charge in [-0.25, -0.2) is 17.5 Å². The van der Waals surface area contributed by atoms with Crippen molar-refractivity contribution in [3.8, 4) is 5.75 Å². The zero-order valence-corrected chi connectivity index (χ0v) is 18.0. The quantitative estimate of drug-likeness (QED) is 0.681. The monoisotopic (exact) mass is 447 g/mol. The minimum absolute atomic E-state index is 0.0326. The minimum Gasteiger partial charge on any atom is -0.492 e. The molecule has 0 atom stereocenters. The first kappa shape index (κ1) is 22.3. The highest BCUT2D eigenvalue weighted by Crippen LogP contribution is 2.31. The van der Waals surface area contributed by atoms with Gasteiger partial charge in [0.05, 0.1) is 28.5 Å². The molecule has 162 valence electrons. The van der Waals surface area contributed by atoms with Crippen molar-refractivity contribution in [3.05, 3.63) is 28.5 Å². The molecule has 3 rings (SSSR count). The van der Waals surface area contributed by atoms with E-state index in [1.165, 1.54) is 0 Å². The second-order valence-electron chi connectivity index (χ2n) is 7.83. The Morgan fingerprint density at radius 1 is 1.17 bits per heavy atom. The predicted molar refractivity (Wildman–Crippen MR) is 108 cm³/mol. The van der Waals surface area contributed by atoms with Crippen LogP contribution in [-0.4, -0.2) is 39.4 Å². The van der Waals surface area contributed by atoms with Crippen LogP contribution in [0.2, 0.25) is 5.02 Å². The summed E-state index contributed by atoms with van der Waals surface area (Å²) in [5, 5.41) is -0.627. The first-order valence-electron chi connectivity index (χ1n) is 10.0. The van der Waals surface area contributed by atoms with Crippen LogP contribution in [0.25, 0.3) is 0 Å². The summed E-state index contributed by atoms with van der Waals surface area (Å²) in [7, 11) is -2.33. The Balaban J connectivity index is 1.64. The van der Waals surface area contributed by atoms with Crippen molar-refractivity contribution < 1.29 is 27.1 Å². The Labute approximate surface area is 176 Å². The molecule has 0 heterocycles. The third kappa shape index (κ3) is 5.61. The van der Waals surface area contributed by atoms with Crippen LogP contribution in [0.4, 0.5) is 4.39 Å². The van der Waals surface area contributed by atoms with Crippen LogP contribution >= 0.6 is 11.6 Å². The summed E-state index contributed by atoms with van der Waals surface area (Å²) in [5.41, 5.74) is -0.419. The van der Waals surface area contributed by atoms with Crippen molar-refractivity contribution in [1.29, 1.82) is 0 Å². The molecule has 9 heteroatoms. The van der Waals surface area contributed by atoms with Crippen molar-refractivity contribution in [1.82, 2.24) is 4.72 Å². The SMILES string of the molecule is CO[C@H]1CC[C@H](S(=O)(=O)NC(=O)c2cc(Cl)c(OCC3CCCC3)cc2F)CC1. The van der Waals surface area contributed by atoms with E-state index in [9.17, 15) is 17.6 Å². The molecule has 1 N–H and O–H groups in total. The molecule has 0 aliphatic heterocycles. The van der Waals surface area contributed by atoms with Gasteiger partial charge in [0.15, 0.2) is 0 Å². The molecule has 0 aromatic heterocycles. The number of halogens is 2. The fourth-order valence-corrected chi connectivity index (χ4v) is 5.69. The molecule has 0 bridgehead atoms. The van der Waals surface area contributed by atoms with Gasteiger partial charge in [0.2, 0.25) is 10.0 Å². The first-order valence-corrected chi connectivity index (χ1v) is 11.9. The van der Waals surface area contributed by atoms with Gasteiger partial charge in [0.25, 0.3) is 5.91 Å². The Morgan fingerprint density at radius 3 is 2.45 bits per heavy atom. The Bertz CT molecular complexity index is 834. The van der Waals surface area contributed by atoms with Crippen LogP contribution in [0.3, 0.4) is 0 Å². The van der Waals surface area contributed by atoms with E-state index in [2.05, 4.69) is 0 Å². The van der Waals surface area contributed by atoms with E-state index in [1.807, 2.05) is 4.72 Å². The zero-order valence-electron chi connectivity index (χ0n) is 16.5. The van der Waals surface area contributed by atoms with Gasteiger partial charge in [-0.1, -0.05) is 24.4 Å². The number of methoxy groups -OCH3 is 1. The summed E-state index contributed by atoms with van der Waals surface area (Å²) in [4.78, 5) is 12.4. The van der Waals surface area contributed by atoms with Crippen molar-refractivity contribution >= 4 is 27.5 Å². The number of amides is 1. The van der Waals surface area contributed by atoms with Crippen molar-refractivity contribution in [3.63, 3.8) is 0 Å². The number of carbonyl (C=O) groups excluding carboxylic acids is 1. The number of carbonyl (C=O) groups is 1. The van der Waals surface area contributed by atoms with Crippen LogP contribution in [0.15, 0.2) is 12.1 Å². The highest BCUT2D eigenvalue weighted by molar-refractivity contribution is 7.90. The highest BCUT2D eigenvalue weighted by atomic mass is 35.5. The summed E-state index contributed by atoms with van der Waals surface area (Å²) in [6.07, 6.45) is 6.48. The second-order valence-corrected chi connectivity index (χ2v) is 10.2. The van der Waals surface area contributed by atoms with E-state index in [-0.39, 0.29) is 16.9 Å². The van der Waals surface area contributed by atoms with E-state index in [4.69, 9.17) is 21.1 Å². The molecule has 0 unspecified atom stereocenters. The van der Waals surface area contributed by atoms with E-state index < -0.39 is 32.6 Å². The van der Waals surface area contributed by atoms with E-state index in [0.717, 1.165) is 37.8 Å². The number of ether oxygens (including phenoxy) is 2. The van der Waals surface area contributed by atoms with Gasteiger partial charge in [0, 0.05) is 13.2 Å². The van der Waals surface area contributed by atoms with Crippen LogP contribution < -0.4 is 9.46 Å². The van der Waals surface area contributed by atoms with Gasteiger partial charge in [-0.05, 0) is 50.5 Å². The number of nitrogens with one attached hydrogen (secondary N) is 1. The van der Waals surface area contributed by atoms with Crippen LogP contribution in [-0.2, 0) is 14.8 Å². The Hall–Kier alpha value is -1.38. The molecule has 0 spiro atoms. The fourth-order valence-electron chi connectivity index (χ4n) is 4.04. The highest BCUT2D eigenvalue weighted by Gasteiger charge is 2.33. The van der Waals surface area contributed by atoms with Crippen LogP contribution in [0.5, 0.6) is 5.75 Å². The normalized spacial score (nSPS) is 23.1. The van der Waals surface area contributed by atoms with Gasteiger partial charge in [-0.2, -0.15) is 0 Å². The number of rotatable bonds is 7. The lowest BCUT2D eigenvalue weighted by Crippen LogP contribution is -2.41. The predicted octanol–water partition coefficient (Wildman–Crippen LogP) is 4.07. The summed E-state index contributed by atoms with van der Waals surface area (Å²) >= 11 is 6.15. The second kappa shape index (κ2) is 9.62. The molecule has 29 heavy (non-hydrogen) atoms. The topological polar surface area (TPSA) is 81.7 Å². The lowest BCUT2D eigenvalue weighted by molar-refractivity contribution is 0.0716. The Kier molecular flexibility index (Phi) is 7.40. The van der Waals surface area contributed by atoms with Gasteiger partial charge >= 0.3 is 0 Å². The standard InChI is InChI=1S/C20H27ClFNO5S/c1-27-14-6-8-15(9-7-14)29(25,26)23-20(24)16-10-17(21)19(11-18(16)22)28-12-13-4-2-3-5-13/h10-11,13-15H,2-9,12H2,1H3,(H,23,24)/t14-,15-. The Morgan fingerprint density at radius 2 is 1.83 bits per heavy atom. The lowest BCUT2D eigenvalue weighted by Gasteiger charge is -2.27. The molecule has 1 amide bonds. The van der Waals surface area contributed by atoms with Crippen LogP contribution in [0.1, 0.15) is 61.7 Å². The smallest absolute Gasteiger partial charge is 0.267 e. The van der Waals surface area contributed by atoms with Crippen molar-refractivity contribution in [2.75, 3.05) is 13.7 Å². The van der Waals surface area contributed by atoms with E-state index in [1.54, 1.807) is 7.11 Å². The third-order valence-corrected chi connectivity index (χ3v) is 7.96. The summed E-state index contributed by atoms with van der Waals surface area (Å²) in [5.74, 6) is -1.31. The van der Waals surface area contributed by atoms with Crippen molar-refractivity contribution in [2.24, 2.45) is 5.92 Å². The fraction of sp³-hybridized carbons (Fsp3) is 0.650. The maximum absolute atomic E-state index is 14.5. The molecular weight excluding hydrogens is 421 g/mol. The molecule has 1 aromatic rings. The summed E-state index contributed by atoms with van der Waals surface area (Å²) in [6.45, 7) is 0.448. The number of hydrogen-bond acceptors (Lipinski definition) is 5. The average Bonchev–Trinajstić information content (AvgIpc) is 3.21. The largest absolute Gasteiger partial charge is 0.492 e. The molecule has 1 aromatic carbocycles. The number of sulfonamides is 1. The molecule has 0 radical (unpaired) electrons. The minimum atomic E-state index is -3.92. The van der Waals surface area contributed by atoms with Crippen LogP contribution in [0, 0.1) is 11.7 Å². The van der Waals surface area contributed by atoms with E-state index >= 15 is 0 Å². The lowest BCUT2D eigenvalue weighted by atomic mass is 9.97. The molecular formula is C20H27ClFNO5S. The maximum Gasteiger partial charge on any atom is 0.267 e. The number of hydrogen-bond donors (Lipinski definition) is 1. The average molecular weight is 448 g/mol. The molecule has 2 fully saturated rings. The molecule has 2 saturated carbocycles. The number of benzene rings is 1. The summed E-state index contributed by atoms with van der Waals surface area (Å²) in [6, 6.07) is 2.16. The molecule has 2 aliphatic carbocycles. The van der Waals surface area contributed by atoms with Gasteiger partial charge < -0.3 is 9.47 Å². The summed E-state index contributed by atoms with van der Waals surface area (Å²) < 4.78 is 52.4. The first-order chi connectivity index (χ1) is 13.8. The van der Waals surface area contributed by atoms with Crippen molar-refractivity contribution in [2.45, 2.75) is 62.7 Å². The van der Waals surface area contributed by atoms with E-state index in [0.29, 0.717) is 38.2 Å². The molecule has 6 nitrogen and oxygen atoms in total. The third-order valence-electron chi connectivity index (χ3n) is 5.84. The van der Waals surface area contributed by atoms with Gasteiger partial charge in [0.1, 0.15) is 11.6 Å². The molecule has 0 saturated heterocycles. The van der Waals surface area contributed by atoms with Gasteiger partial charge in [-0.15, -0.1) is 0 Å². The molecule has 2 aliphatic rings. The van der Waals surface area contributed by atoms with Gasteiger partial charge in [-0.3, -0.25) is 4.79 Å².